The van der Waals surface area contributed by atoms with E-state index < -0.39 is 0 Å². The molecule has 0 radical (unpaired) electrons. The Hall–Kier alpha value is -2.82. The standard InChI is InChI=1S/C21H25N3O2/c1-3-24(4-2)17-11-10-16(20(25)12-17)14-22-23-21(26)19-13-18(19)15-8-6-5-7-9-15/h5-12,14,18-19,25H,3-4,13H2,1-2H3,(H,23,26)/b22-14-. The van der Waals surface area contributed by atoms with E-state index in [4.69, 9.17) is 0 Å². The van der Waals surface area contributed by atoms with Gasteiger partial charge in [0.2, 0.25) is 5.91 Å². The highest BCUT2D eigenvalue weighted by Gasteiger charge is 2.43. The van der Waals surface area contributed by atoms with Crippen molar-refractivity contribution in [1.29, 1.82) is 0 Å². The maximum atomic E-state index is 12.2. The Morgan fingerprint density at radius 3 is 2.62 bits per heavy atom. The van der Waals surface area contributed by atoms with Crippen molar-refractivity contribution in [3.63, 3.8) is 0 Å². The van der Waals surface area contributed by atoms with Gasteiger partial charge < -0.3 is 10.0 Å². The van der Waals surface area contributed by atoms with Crippen LogP contribution in [0.15, 0.2) is 53.6 Å². The number of hydrogen-bond donors (Lipinski definition) is 2. The van der Waals surface area contributed by atoms with Gasteiger partial charge in [0.25, 0.3) is 0 Å². The Morgan fingerprint density at radius 2 is 1.96 bits per heavy atom. The molecule has 1 aliphatic rings. The molecular weight excluding hydrogens is 326 g/mol. The van der Waals surface area contributed by atoms with Gasteiger partial charge >= 0.3 is 0 Å². The van der Waals surface area contributed by atoms with Crippen LogP contribution < -0.4 is 10.3 Å². The number of phenolic OH excluding ortho intramolecular Hbond substituents is 1. The lowest BCUT2D eigenvalue weighted by Crippen LogP contribution is -2.21. The number of rotatable bonds is 7. The number of hydrazone groups is 1. The number of hydrogen-bond acceptors (Lipinski definition) is 4. The molecule has 2 atom stereocenters. The topological polar surface area (TPSA) is 64.9 Å². The number of carbonyl (C=O) groups is 1. The van der Waals surface area contributed by atoms with Gasteiger partial charge in [-0.25, -0.2) is 5.43 Å². The second kappa shape index (κ2) is 8.04. The first kappa shape index (κ1) is 18.0. The summed E-state index contributed by atoms with van der Waals surface area (Å²) in [6.07, 6.45) is 2.34. The molecule has 0 saturated heterocycles. The van der Waals surface area contributed by atoms with Crippen LogP contribution in [0.25, 0.3) is 0 Å². The van der Waals surface area contributed by atoms with Gasteiger partial charge in [-0.05, 0) is 43.9 Å². The highest BCUT2D eigenvalue weighted by atomic mass is 16.3. The fourth-order valence-electron chi connectivity index (χ4n) is 3.23. The second-order valence-electron chi connectivity index (χ2n) is 6.51. The SMILES string of the molecule is CCN(CC)c1ccc(/C=N\NC(=O)C2CC2c2ccccc2)c(O)c1. The molecule has 1 aliphatic carbocycles. The minimum Gasteiger partial charge on any atom is -0.507 e. The first-order valence-electron chi connectivity index (χ1n) is 9.09. The summed E-state index contributed by atoms with van der Waals surface area (Å²) in [4.78, 5) is 14.3. The zero-order chi connectivity index (χ0) is 18.5. The van der Waals surface area contributed by atoms with E-state index in [1.54, 1.807) is 6.07 Å². The molecule has 0 heterocycles. The van der Waals surface area contributed by atoms with E-state index in [0.29, 0.717) is 5.56 Å². The van der Waals surface area contributed by atoms with Crippen molar-refractivity contribution in [2.24, 2.45) is 11.0 Å². The lowest BCUT2D eigenvalue weighted by molar-refractivity contribution is -0.122. The lowest BCUT2D eigenvalue weighted by atomic mass is 10.1. The molecule has 1 saturated carbocycles. The van der Waals surface area contributed by atoms with Crippen LogP contribution in [0.5, 0.6) is 5.75 Å². The number of benzene rings is 2. The first-order chi connectivity index (χ1) is 12.6. The number of carbonyl (C=O) groups excluding carboxylic acids is 1. The number of amides is 1. The van der Waals surface area contributed by atoms with Crippen LogP contribution in [-0.2, 0) is 4.79 Å². The van der Waals surface area contributed by atoms with Crippen molar-refractivity contribution in [2.75, 3.05) is 18.0 Å². The maximum absolute atomic E-state index is 12.2. The summed E-state index contributed by atoms with van der Waals surface area (Å²) < 4.78 is 0. The molecule has 2 N–H and O–H groups in total. The third-order valence-electron chi connectivity index (χ3n) is 4.88. The maximum Gasteiger partial charge on any atom is 0.243 e. The summed E-state index contributed by atoms with van der Waals surface area (Å²) >= 11 is 0. The molecule has 5 nitrogen and oxygen atoms in total. The van der Waals surface area contributed by atoms with Gasteiger partial charge in [0.15, 0.2) is 0 Å². The minimum atomic E-state index is -0.0747. The number of aromatic hydroxyl groups is 1. The number of phenols is 1. The molecule has 2 unspecified atom stereocenters. The van der Waals surface area contributed by atoms with Crippen molar-refractivity contribution in [3.05, 3.63) is 59.7 Å². The summed E-state index contributed by atoms with van der Waals surface area (Å²) in [6.45, 7) is 5.91. The number of nitrogens with zero attached hydrogens (tertiary/aromatic N) is 2. The quantitative estimate of drug-likeness (QED) is 0.593. The van der Waals surface area contributed by atoms with Crippen LogP contribution in [0.4, 0.5) is 5.69 Å². The largest absolute Gasteiger partial charge is 0.507 e. The molecule has 0 aliphatic heterocycles. The van der Waals surface area contributed by atoms with E-state index in [1.165, 1.54) is 11.8 Å². The summed E-state index contributed by atoms with van der Waals surface area (Å²) in [6, 6.07) is 15.5. The highest BCUT2D eigenvalue weighted by molar-refractivity contribution is 5.87. The Kier molecular flexibility index (Phi) is 5.56. The summed E-state index contributed by atoms with van der Waals surface area (Å²) in [5, 5.41) is 14.2. The predicted molar refractivity (Wildman–Crippen MR) is 105 cm³/mol. The number of anilines is 1. The monoisotopic (exact) mass is 351 g/mol. The van der Waals surface area contributed by atoms with Crippen LogP contribution in [-0.4, -0.2) is 30.3 Å². The third kappa shape index (κ3) is 4.04. The molecule has 0 bridgehead atoms. The van der Waals surface area contributed by atoms with Gasteiger partial charge in [-0.15, -0.1) is 0 Å². The molecular formula is C21H25N3O2. The smallest absolute Gasteiger partial charge is 0.243 e. The van der Waals surface area contributed by atoms with Gasteiger partial charge in [-0.3, -0.25) is 4.79 Å². The van der Waals surface area contributed by atoms with E-state index in [2.05, 4.69) is 41.4 Å². The van der Waals surface area contributed by atoms with Gasteiger partial charge in [-0.1, -0.05) is 30.3 Å². The molecule has 0 aromatic heterocycles. The van der Waals surface area contributed by atoms with Gasteiger partial charge in [0.1, 0.15) is 5.75 Å². The van der Waals surface area contributed by atoms with Gasteiger partial charge in [0.05, 0.1) is 6.21 Å². The zero-order valence-electron chi connectivity index (χ0n) is 15.2. The van der Waals surface area contributed by atoms with Crippen LogP contribution in [0.3, 0.4) is 0 Å². The van der Waals surface area contributed by atoms with E-state index in [-0.39, 0.29) is 23.5 Å². The summed E-state index contributed by atoms with van der Waals surface area (Å²) in [5.74, 6) is 0.344. The number of nitrogens with one attached hydrogen (secondary N) is 1. The molecule has 1 amide bonds. The van der Waals surface area contributed by atoms with Crippen LogP contribution in [0, 0.1) is 5.92 Å². The van der Waals surface area contributed by atoms with Crippen molar-refractivity contribution < 1.29 is 9.90 Å². The molecule has 136 valence electrons. The molecule has 3 rings (SSSR count). The normalized spacial score (nSPS) is 18.7. The van der Waals surface area contributed by atoms with Crippen LogP contribution in [0.1, 0.15) is 37.3 Å². The Balaban J connectivity index is 1.56. The summed E-state index contributed by atoms with van der Waals surface area (Å²) in [5.41, 5.74) is 5.33. The fourth-order valence-corrected chi connectivity index (χ4v) is 3.23. The van der Waals surface area contributed by atoms with E-state index in [1.807, 2.05) is 30.3 Å². The van der Waals surface area contributed by atoms with Crippen molar-refractivity contribution in [1.82, 2.24) is 5.43 Å². The minimum absolute atomic E-state index is 0.0202. The Morgan fingerprint density at radius 1 is 1.23 bits per heavy atom. The van der Waals surface area contributed by atoms with Crippen molar-refractivity contribution in [2.45, 2.75) is 26.2 Å². The van der Waals surface area contributed by atoms with Gasteiger partial charge in [-0.2, -0.15) is 5.10 Å². The molecule has 2 aromatic carbocycles. The lowest BCUT2D eigenvalue weighted by Gasteiger charge is -2.21. The molecule has 26 heavy (non-hydrogen) atoms. The third-order valence-corrected chi connectivity index (χ3v) is 4.88. The fraction of sp³-hybridized carbons (Fsp3) is 0.333. The predicted octanol–water partition coefficient (Wildman–Crippen LogP) is 3.49. The average Bonchev–Trinajstić information content (AvgIpc) is 3.46. The van der Waals surface area contributed by atoms with E-state index in [9.17, 15) is 9.90 Å². The van der Waals surface area contributed by atoms with Crippen molar-refractivity contribution >= 4 is 17.8 Å². The molecule has 1 fully saturated rings. The average molecular weight is 351 g/mol. The van der Waals surface area contributed by atoms with E-state index in [0.717, 1.165) is 25.2 Å². The first-order valence-corrected chi connectivity index (χ1v) is 9.09. The zero-order valence-corrected chi connectivity index (χ0v) is 15.2. The Labute approximate surface area is 154 Å². The van der Waals surface area contributed by atoms with E-state index >= 15 is 0 Å². The van der Waals surface area contributed by atoms with Gasteiger partial charge in [0, 0.05) is 36.3 Å². The van der Waals surface area contributed by atoms with Crippen LogP contribution >= 0.6 is 0 Å². The molecule has 2 aromatic rings. The van der Waals surface area contributed by atoms with Crippen molar-refractivity contribution in [3.8, 4) is 5.75 Å². The Bertz CT molecular complexity index is 785. The second-order valence-corrected chi connectivity index (χ2v) is 6.51. The molecule has 5 heteroatoms. The van der Waals surface area contributed by atoms with Crippen LogP contribution in [0.2, 0.25) is 0 Å². The highest BCUT2D eigenvalue weighted by Crippen LogP contribution is 2.47. The molecule has 0 spiro atoms. The summed E-state index contributed by atoms with van der Waals surface area (Å²) in [7, 11) is 0.